The van der Waals surface area contributed by atoms with Gasteiger partial charge in [0.05, 0.1) is 22.9 Å². The molecule has 3 rings (SSSR count). The number of benzene rings is 1. The summed E-state index contributed by atoms with van der Waals surface area (Å²) in [5.41, 5.74) is 4.52. The van der Waals surface area contributed by atoms with Crippen molar-refractivity contribution in [1.82, 2.24) is 15.2 Å². The third-order valence-corrected chi connectivity index (χ3v) is 3.28. The maximum atomic E-state index is 12.7. The molecule has 1 aromatic carbocycles. The zero-order valence-corrected chi connectivity index (χ0v) is 11.1. The van der Waals surface area contributed by atoms with Gasteiger partial charge < -0.3 is 5.73 Å². The van der Waals surface area contributed by atoms with Gasteiger partial charge in [-0.1, -0.05) is 0 Å². The Balaban J connectivity index is 2.16. The van der Waals surface area contributed by atoms with Gasteiger partial charge in [0.25, 0.3) is 0 Å². The Kier molecular flexibility index (Phi) is 3.09. The second-order valence-electron chi connectivity index (χ2n) is 4.62. The van der Waals surface area contributed by atoms with Gasteiger partial charge in [0.1, 0.15) is 5.71 Å². The lowest BCUT2D eigenvalue weighted by Gasteiger charge is -2.12. The molecule has 8 heteroatoms. The Morgan fingerprint density at radius 3 is 2.68 bits per heavy atom. The number of pyridine rings is 1. The van der Waals surface area contributed by atoms with Crippen molar-refractivity contribution in [3.8, 4) is 0 Å². The number of hydrogen-bond donors (Lipinski definition) is 3. The molecule has 112 valence electrons. The van der Waals surface area contributed by atoms with Crippen molar-refractivity contribution in [2.75, 3.05) is 0 Å². The number of rotatable bonds is 2. The number of alkyl halides is 3. The standard InChI is InChI=1S/C14H10F3N5/c15-14(16,17)13(19)9(5-18)11-4-2-8-10(21-11)3-1-7-6-20-22-12(7)8/h1-6,19H,18H2,(H,20,22)/b9-5-,19-13?. The molecule has 0 aliphatic carbocycles. The minimum absolute atomic E-state index is 0.00353. The van der Waals surface area contributed by atoms with E-state index in [2.05, 4.69) is 15.2 Å². The Hall–Kier alpha value is -2.90. The van der Waals surface area contributed by atoms with E-state index in [9.17, 15) is 13.2 Å². The number of nitrogens with two attached hydrogens (primary N) is 1. The molecule has 3 aromatic rings. The number of halogens is 3. The number of fused-ring (bicyclic) bond motifs is 3. The van der Waals surface area contributed by atoms with Gasteiger partial charge in [-0.2, -0.15) is 18.3 Å². The number of H-pyrrole nitrogens is 1. The summed E-state index contributed by atoms with van der Waals surface area (Å²) in [6.07, 6.45) is -2.39. The molecule has 0 aliphatic rings. The normalized spacial score (nSPS) is 13.0. The van der Waals surface area contributed by atoms with E-state index in [-0.39, 0.29) is 5.69 Å². The average Bonchev–Trinajstić information content (AvgIpc) is 2.95. The number of hydrogen-bond acceptors (Lipinski definition) is 4. The van der Waals surface area contributed by atoms with Crippen molar-refractivity contribution in [2.24, 2.45) is 5.73 Å². The summed E-state index contributed by atoms with van der Waals surface area (Å²) in [5, 5.41) is 15.6. The fourth-order valence-electron chi connectivity index (χ4n) is 2.22. The van der Waals surface area contributed by atoms with E-state index >= 15 is 0 Å². The quantitative estimate of drug-likeness (QED) is 0.636. The summed E-state index contributed by atoms with van der Waals surface area (Å²) in [5.74, 6) is 0. The second-order valence-corrected chi connectivity index (χ2v) is 4.62. The van der Waals surface area contributed by atoms with Crippen LogP contribution in [0.4, 0.5) is 13.2 Å². The molecule has 0 radical (unpaired) electrons. The highest BCUT2D eigenvalue weighted by Gasteiger charge is 2.37. The molecule has 2 aromatic heterocycles. The largest absolute Gasteiger partial charge is 0.433 e. The average molecular weight is 305 g/mol. The summed E-state index contributed by atoms with van der Waals surface area (Å²) in [4.78, 5) is 4.17. The molecular weight excluding hydrogens is 295 g/mol. The smallest absolute Gasteiger partial charge is 0.404 e. The summed E-state index contributed by atoms with van der Waals surface area (Å²) < 4.78 is 38.1. The van der Waals surface area contributed by atoms with Crippen molar-refractivity contribution in [2.45, 2.75) is 6.18 Å². The van der Waals surface area contributed by atoms with Crippen LogP contribution in [0.5, 0.6) is 0 Å². The van der Waals surface area contributed by atoms with E-state index < -0.39 is 17.5 Å². The first-order chi connectivity index (χ1) is 10.4. The van der Waals surface area contributed by atoms with Crippen molar-refractivity contribution in [3.05, 3.63) is 42.4 Å². The van der Waals surface area contributed by atoms with Crippen molar-refractivity contribution in [1.29, 1.82) is 5.41 Å². The maximum Gasteiger partial charge on any atom is 0.433 e. The van der Waals surface area contributed by atoms with Crippen LogP contribution in [-0.4, -0.2) is 27.1 Å². The Morgan fingerprint density at radius 2 is 2.00 bits per heavy atom. The van der Waals surface area contributed by atoms with Crippen molar-refractivity contribution < 1.29 is 13.2 Å². The fourth-order valence-corrected chi connectivity index (χ4v) is 2.22. The number of aromatic amines is 1. The number of nitrogens with one attached hydrogen (secondary N) is 2. The van der Waals surface area contributed by atoms with Gasteiger partial charge in [0, 0.05) is 22.5 Å². The van der Waals surface area contributed by atoms with Crippen LogP contribution in [0.25, 0.3) is 27.4 Å². The topological polar surface area (TPSA) is 91.4 Å². The van der Waals surface area contributed by atoms with Crippen LogP contribution in [0.15, 0.2) is 36.7 Å². The molecule has 0 bridgehead atoms. The van der Waals surface area contributed by atoms with Crippen molar-refractivity contribution >= 4 is 33.1 Å². The minimum Gasteiger partial charge on any atom is -0.404 e. The van der Waals surface area contributed by atoms with E-state index in [0.717, 1.165) is 22.5 Å². The van der Waals surface area contributed by atoms with Gasteiger partial charge >= 0.3 is 6.18 Å². The summed E-state index contributed by atoms with van der Waals surface area (Å²) >= 11 is 0. The molecule has 0 saturated carbocycles. The molecule has 0 unspecified atom stereocenters. The second kappa shape index (κ2) is 4.83. The number of aromatic nitrogens is 3. The summed E-state index contributed by atoms with van der Waals surface area (Å²) in [7, 11) is 0. The first kappa shape index (κ1) is 14.1. The van der Waals surface area contributed by atoms with Crippen molar-refractivity contribution in [3.63, 3.8) is 0 Å². The lowest BCUT2D eigenvalue weighted by molar-refractivity contribution is -0.0578. The molecule has 0 amide bonds. The van der Waals surface area contributed by atoms with Gasteiger partial charge in [-0.25, -0.2) is 4.98 Å². The van der Waals surface area contributed by atoms with Crippen LogP contribution in [0.1, 0.15) is 5.69 Å². The van der Waals surface area contributed by atoms with E-state index in [4.69, 9.17) is 11.1 Å². The highest BCUT2D eigenvalue weighted by Crippen LogP contribution is 2.28. The van der Waals surface area contributed by atoms with Crippen LogP contribution >= 0.6 is 0 Å². The van der Waals surface area contributed by atoms with Crippen LogP contribution in [0.3, 0.4) is 0 Å². The Morgan fingerprint density at radius 1 is 1.23 bits per heavy atom. The van der Waals surface area contributed by atoms with E-state index in [1.54, 1.807) is 24.4 Å². The predicted octanol–water partition coefficient (Wildman–Crippen LogP) is 2.99. The monoisotopic (exact) mass is 305 g/mol. The van der Waals surface area contributed by atoms with Gasteiger partial charge in [-0.05, 0) is 24.3 Å². The van der Waals surface area contributed by atoms with Crippen LogP contribution < -0.4 is 5.73 Å². The molecule has 22 heavy (non-hydrogen) atoms. The molecule has 0 saturated heterocycles. The van der Waals surface area contributed by atoms with Gasteiger partial charge in [-0.3, -0.25) is 10.5 Å². The Labute approximate surface area is 122 Å². The number of allylic oxidation sites excluding steroid dienone is 1. The molecule has 0 atom stereocenters. The fraction of sp³-hybridized carbons (Fsp3) is 0.0714. The molecule has 5 nitrogen and oxygen atoms in total. The summed E-state index contributed by atoms with van der Waals surface area (Å²) in [6.45, 7) is 0. The molecule has 0 fully saturated rings. The number of nitrogens with zero attached hydrogens (tertiary/aromatic N) is 2. The zero-order valence-electron chi connectivity index (χ0n) is 11.1. The summed E-state index contributed by atoms with van der Waals surface area (Å²) in [6, 6.07) is 6.48. The van der Waals surface area contributed by atoms with E-state index in [1.165, 1.54) is 6.07 Å². The minimum atomic E-state index is -4.78. The molecule has 2 heterocycles. The lowest BCUT2D eigenvalue weighted by Crippen LogP contribution is -2.24. The van der Waals surface area contributed by atoms with E-state index in [1.807, 2.05) is 0 Å². The Bertz CT molecular complexity index is 908. The first-order valence-corrected chi connectivity index (χ1v) is 6.23. The van der Waals surface area contributed by atoms with Gasteiger partial charge in [-0.15, -0.1) is 0 Å². The highest BCUT2D eigenvalue weighted by molar-refractivity contribution is 6.24. The van der Waals surface area contributed by atoms with Crippen LogP contribution in [0.2, 0.25) is 0 Å². The van der Waals surface area contributed by atoms with Gasteiger partial charge in [0.2, 0.25) is 0 Å². The third-order valence-electron chi connectivity index (χ3n) is 3.28. The van der Waals surface area contributed by atoms with Gasteiger partial charge in [0.15, 0.2) is 0 Å². The molecule has 4 N–H and O–H groups in total. The third kappa shape index (κ3) is 2.18. The SMILES string of the molecule is N=C(/C(=C\N)c1ccc2c(ccc3cn[nH]c32)n1)C(F)(F)F. The van der Waals surface area contributed by atoms with E-state index in [0.29, 0.717) is 5.52 Å². The zero-order chi connectivity index (χ0) is 15.9. The van der Waals surface area contributed by atoms with Crippen LogP contribution in [-0.2, 0) is 0 Å². The van der Waals surface area contributed by atoms with Crippen LogP contribution in [0, 0.1) is 5.41 Å². The molecule has 0 aliphatic heterocycles. The highest BCUT2D eigenvalue weighted by atomic mass is 19.4. The predicted molar refractivity (Wildman–Crippen MR) is 77.3 cm³/mol. The maximum absolute atomic E-state index is 12.7. The molecule has 0 spiro atoms. The first-order valence-electron chi connectivity index (χ1n) is 6.23. The molecular formula is C14H10F3N5. The lowest BCUT2D eigenvalue weighted by atomic mass is 10.0.